The highest BCUT2D eigenvalue weighted by molar-refractivity contribution is 6.27. The van der Waals surface area contributed by atoms with Crippen molar-refractivity contribution in [2.75, 3.05) is 32.7 Å². The van der Waals surface area contributed by atoms with Gasteiger partial charge in [-0.15, -0.1) is 11.6 Å². The zero-order valence-electron chi connectivity index (χ0n) is 8.88. The van der Waals surface area contributed by atoms with Crippen LogP contribution in [0.1, 0.15) is 19.8 Å². The number of carbonyl (C=O) groups excluding carboxylic acids is 1. The van der Waals surface area contributed by atoms with Crippen LogP contribution in [0.25, 0.3) is 0 Å². The van der Waals surface area contributed by atoms with Crippen molar-refractivity contribution in [2.24, 2.45) is 5.41 Å². The second-order valence-electron chi connectivity index (χ2n) is 4.26. The minimum absolute atomic E-state index is 0.0473. The number of likely N-dealkylation sites (tertiary alicyclic amines) is 1. The van der Waals surface area contributed by atoms with Gasteiger partial charge in [-0.3, -0.25) is 4.79 Å². The molecule has 0 aromatic heterocycles. The largest absolute Gasteiger partial charge is 0.384 e. The summed E-state index contributed by atoms with van der Waals surface area (Å²) < 4.78 is 5.18. The van der Waals surface area contributed by atoms with Crippen LogP contribution in [-0.4, -0.2) is 43.5 Å². The van der Waals surface area contributed by atoms with Crippen molar-refractivity contribution >= 4 is 17.5 Å². The van der Waals surface area contributed by atoms with Crippen LogP contribution in [0, 0.1) is 5.41 Å². The van der Waals surface area contributed by atoms with Gasteiger partial charge in [0.1, 0.15) is 5.88 Å². The maximum absolute atomic E-state index is 11.3. The van der Waals surface area contributed by atoms with E-state index in [-0.39, 0.29) is 17.2 Å². The first-order chi connectivity index (χ1) is 6.61. The van der Waals surface area contributed by atoms with E-state index in [2.05, 4.69) is 6.92 Å². The lowest BCUT2D eigenvalue weighted by atomic mass is 9.81. The molecule has 0 saturated carbocycles. The monoisotopic (exact) mass is 219 g/mol. The standard InChI is InChI=1S/C10H18ClNO2/c1-10(8-14-2)3-5-12(6-4-10)9(13)7-11/h3-8H2,1-2H3. The van der Waals surface area contributed by atoms with Crippen LogP contribution in [0.15, 0.2) is 0 Å². The number of rotatable bonds is 3. The number of hydrogen-bond acceptors (Lipinski definition) is 2. The van der Waals surface area contributed by atoms with Crippen LogP contribution in [0.4, 0.5) is 0 Å². The molecule has 1 rings (SSSR count). The summed E-state index contributed by atoms with van der Waals surface area (Å²) in [7, 11) is 1.72. The predicted molar refractivity (Wildman–Crippen MR) is 56.5 cm³/mol. The lowest BCUT2D eigenvalue weighted by molar-refractivity contribution is -0.131. The third-order valence-electron chi connectivity index (χ3n) is 2.93. The minimum Gasteiger partial charge on any atom is -0.384 e. The Labute approximate surface area is 90.4 Å². The zero-order chi connectivity index (χ0) is 10.6. The molecule has 0 radical (unpaired) electrons. The molecule has 0 atom stereocenters. The summed E-state index contributed by atoms with van der Waals surface area (Å²) in [6.07, 6.45) is 2.01. The lowest BCUT2D eigenvalue weighted by Crippen LogP contribution is -2.44. The number of piperidine rings is 1. The van der Waals surface area contributed by atoms with Crippen LogP contribution >= 0.6 is 11.6 Å². The molecule has 1 saturated heterocycles. The highest BCUT2D eigenvalue weighted by Gasteiger charge is 2.31. The second kappa shape index (κ2) is 4.99. The van der Waals surface area contributed by atoms with Gasteiger partial charge in [0.2, 0.25) is 5.91 Å². The summed E-state index contributed by atoms with van der Waals surface area (Å²) in [5.41, 5.74) is 0.234. The third kappa shape index (κ3) is 2.85. The molecule has 1 fully saturated rings. The van der Waals surface area contributed by atoms with Gasteiger partial charge < -0.3 is 9.64 Å². The molecule has 0 N–H and O–H groups in total. The zero-order valence-corrected chi connectivity index (χ0v) is 9.64. The van der Waals surface area contributed by atoms with Gasteiger partial charge in [-0.05, 0) is 18.3 Å². The van der Waals surface area contributed by atoms with Gasteiger partial charge in [0.05, 0.1) is 6.61 Å². The van der Waals surface area contributed by atoms with Gasteiger partial charge in [-0.1, -0.05) is 6.92 Å². The van der Waals surface area contributed by atoms with Crippen LogP contribution in [-0.2, 0) is 9.53 Å². The van der Waals surface area contributed by atoms with Gasteiger partial charge in [-0.25, -0.2) is 0 Å². The molecule has 0 aromatic carbocycles. The van der Waals surface area contributed by atoms with Crippen molar-refractivity contribution in [3.63, 3.8) is 0 Å². The fourth-order valence-electron chi connectivity index (χ4n) is 1.87. The van der Waals surface area contributed by atoms with Gasteiger partial charge in [0.25, 0.3) is 0 Å². The highest BCUT2D eigenvalue weighted by atomic mass is 35.5. The van der Waals surface area contributed by atoms with Crippen LogP contribution in [0.5, 0.6) is 0 Å². The number of nitrogens with zero attached hydrogens (tertiary/aromatic N) is 1. The fourth-order valence-corrected chi connectivity index (χ4v) is 2.04. The average molecular weight is 220 g/mol. The maximum Gasteiger partial charge on any atom is 0.237 e. The molecule has 4 heteroatoms. The molecule has 1 aliphatic rings. The lowest BCUT2D eigenvalue weighted by Gasteiger charge is -2.38. The average Bonchev–Trinajstić information content (AvgIpc) is 2.18. The number of alkyl halides is 1. The van der Waals surface area contributed by atoms with E-state index in [1.54, 1.807) is 7.11 Å². The topological polar surface area (TPSA) is 29.5 Å². The molecular weight excluding hydrogens is 202 g/mol. The van der Waals surface area contributed by atoms with Crippen molar-refractivity contribution in [3.05, 3.63) is 0 Å². The first kappa shape index (κ1) is 11.8. The summed E-state index contributed by atoms with van der Waals surface area (Å²) in [5, 5.41) is 0. The molecule has 0 aromatic rings. The van der Waals surface area contributed by atoms with E-state index in [4.69, 9.17) is 16.3 Å². The Morgan fingerprint density at radius 3 is 2.50 bits per heavy atom. The molecule has 1 aliphatic heterocycles. The summed E-state index contributed by atoms with van der Waals surface area (Å²) >= 11 is 5.50. The molecule has 3 nitrogen and oxygen atoms in total. The molecule has 0 unspecified atom stereocenters. The summed E-state index contributed by atoms with van der Waals surface area (Å²) in [6, 6.07) is 0. The molecule has 0 bridgehead atoms. The van der Waals surface area contributed by atoms with E-state index in [0.717, 1.165) is 32.5 Å². The number of ether oxygens (including phenoxy) is 1. The molecule has 0 spiro atoms. The van der Waals surface area contributed by atoms with Gasteiger partial charge in [0, 0.05) is 20.2 Å². The quantitative estimate of drug-likeness (QED) is 0.674. The minimum atomic E-state index is 0.0473. The Balaban J connectivity index is 2.41. The van der Waals surface area contributed by atoms with Crippen molar-refractivity contribution in [2.45, 2.75) is 19.8 Å². The van der Waals surface area contributed by atoms with Gasteiger partial charge >= 0.3 is 0 Å². The highest BCUT2D eigenvalue weighted by Crippen LogP contribution is 2.30. The number of halogens is 1. The van der Waals surface area contributed by atoms with E-state index in [0.29, 0.717) is 0 Å². The molecule has 1 amide bonds. The molecule has 82 valence electrons. The Kier molecular flexibility index (Phi) is 4.20. The van der Waals surface area contributed by atoms with Crippen LogP contribution in [0.3, 0.4) is 0 Å². The van der Waals surface area contributed by atoms with Crippen LogP contribution in [0.2, 0.25) is 0 Å². The van der Waals surface area contributed by atoms with Gasteiger partial charge in [0.15, 0.2) is 0 Å². The first-order valence-electron chi connectivity index (χ1n) is 4.94. The number of hydrogen-bond donors (Lipinski definition) is 0. The Morgan fingerprint density at radius 2 is 2.07 bits per heavy atom. The van der Waals surface area contributed by atoms with Gasteiger partial charge in [-0.2, -0.15) is 0 Å². The van der Waals surface area contributed by atoms with Crippen LogP contribution < -0.4 is 0 Å². The van der Waals surface area contributed by atoms with Crippen molar-refractivity contribution < 1.29 is 9.53 Å². The summed E-state index contributed by atoms with van der Waals surface area (Å²) in [4.78, 5) is 13.1. The molecule has 0 aliphatic carbocycles. The predicted octanol–water partition coefficient (Wildman–Crippen LogP) is 1.50. The third-order valence-corrected chi connectivity index (χ3v) is 3.16. The van der Waals surface area contributed by atoms with E-state index < -0.39 is 0 Å². The Hall–Kier alpha value is -0.280. The fraction of sp³-hybridized carbons (Fsp3) is 0.900. The number of amides is 1. The second-order valence-corrected chi connectivity index (χ2v) is 4.53. The van der Waals surface area contributed by atoms with Crippen molar-refractivity contribution in [3.8, 4) is 0 Å². The Bertz CT molecular complexity index is 200. The molecule has 1 heterocycles. The first-order valence-corrected chi connectivity index (χ1v) is 5.47. The number of carbonyl (C=O) groups is 1. The van der Waals surface area contributed by atoms with E-state index >= 15 is 0 Å². The smallest absolute Gasteiger partial charge is 0.237 e. The SMILES string of the molecule is COCC1(C)CCN(C(=O)CCl)CC1. The van der Waals surface area contributed by atoms with Crippen molar-refractivity contribution in [1.82, 2.24) is 4.90 Å². The maximum atomic E-state index is 11.3. The van der Waals surface area contributed by atoms with Crippen molar-refractivity contribution in [1.29, 1.82) is 0 Å². The molecule has 14 heavy (non-hydrogen) atoms. The Morgan fingerprint density at radius 1 is 1.50 bits per heavy atom. The summed E-state index contributed by atoms with van der Waals surface area (Å²) in [5.74, 6) is 0.146. The molecular formula is C10H18ClNO2. The summed E-state index contributed by atoms with van der Waals surface area (Å²) in [6.45, 7) is 4.60. The number of methoxy groups -OCH3 is 1. The van der Waals surface area contributed by atoms with E-state index in [1.165, 1.54) is 0 Å². The van der Waals surface area contributed by atoms with E-state index in [1.807, 2.05) is 4.90 Å². The van der Waals surface area contributed by atoms with E-state index in [9.17, 15) is 4.79 Å². The normalized spacial score (nSPS) is 20.9.